The molecule has 0 aliphatic carbocycles. The van der Waals surface area contributed by atoms with E-state index in [9.17, 15) is 13.2 Å². The number of sulfonamides is 1. The number of para-hydroxylation sites is 1. The first kappa shape index (κ1) is 15.4. The van der Waals surface area contributed by atoms with Crippen molar-refractivity contribution in [3.05, 3.63) is 36.5 Å². The van der Waals surface area contributed by atoms with Crippen molar-refractivity contribution >= 4 is 32.5 Å². The Hall–Kier alpha value is -1.99. The van der Waals surface area contributed by atoms with Gasteiger partial charge in [-0.25, -0.2) is 13.1 Å². The highest BCUT2D eigenvalue weighted by molar-refractivity contribution is 7.88. The maximum Gasteiger partial charge on any atom is 0.223 e. The number of carbonyl (C=O) groups excluding carboxylic acids is 1. The highest BCUT2D eigenvalue weighted by atomic mass is 32.2. The van der Waals surface area contributed by atoms with E-state index in [0.717, 1.165) is 17.2 Å². The molecule has 0 saturated carbocycles. The second-order valence-corrected chi connectivity index (χ2v) is 6.52. The molecule has 6 nitrogen and oxygen atoms in total. The Labute approximate surface area is 123 Å². The first-order valence-corrected chi connectivity index (χ1v) is 8.34. The summed E-state index contributed by atoms with van der Waals surface area (Å²) < 4.78 is 24.6. The van der Waals surface area contributed by atoms with Gasteiger partial charge in [-0.2, -0.15) is 0 Å². The van der Waals surface area contributed by atoms with Crippen molar-refractivity contribution in [3.8, 4) is 0 Å². The van der Waals surface area contributed by atoms with Crippen LogP contribution in [0.2, 0.25) is 0 Å². The lowest BCUT2D eigenvalue weighted by atomic mass is 10.1. The lowest BCUT2D eigenvalue weighted by molar-refractivity contribution is -0.116. The number of rotatable bonds is 5. The number of fused-ring (bicyclic) bond motifs is 1. The maximum absolute atomic E-state index is 11.9. The van der Waals surface area contributed by atoms with Gasteiger partial charge in [-0.3, -0.25) is 9.78 Å². The Kier molecular flexibility index (Phi) is 4.54. The molecule has 21 heavy (non-hydrogen) atoms. The number of hydrogen-bond acceptors (Lipinski definition) is 4. The highest BCUT2D eigenvalue weighted by Gasteiger charge is 2.15. The zero-order valence-corrected chi connectivity index (χ0v) is 12.7. The number of benzene rings is 1. The van der Waals surface area contributed by atoms with Crippen LogP contribution in [0.25, 0.3) is 10.9 Å². The van der Waals surface area contributed by atoms with Crippen LogP contribution in [0.4, 0.5) is 5.69 Å². The molecule has 112 valence electrons. The Morgan fingerprint density at radius 2 is 2.00 bits per heavy atom. The minimum absolute atomic E-state index is 0.154. The van der Waals surface area contributed by atoms with E-state index in [0.29, 0.717) is 5.69 Å². The minimum Gasteiger partial charge on any atom is -0.309 e. The molecule has 1 amide bonds. The zero-order valence-electron chi connectivity index (χ0n) is 11.9. The van der Waals surface area contributed by atoms with Crippen molar-refractivity contribution < 1.29 is 13.2 Å². The normalized spacial score (nSPS) is 11.5. The van der Waals surface area contributed by atoms with Crippen LogP contribution in [-0.2, 0) is 14.8 Å². The third-order valence-electron chi connectivity index (χ3n) is 2.98. The van der Waals surface area contributed by atoms with Crippen LogP contribution >= 0.6 is 0 Å². The van der Waals surface area contributed by atoms with E-state index in [4.69, 9.17) is 0 Å². The molecule has 0 fully saturated rings. The van der Waals surface area contributed by atoms with Gasteiger partial charge in [0.2, 0.25) is 15.9 Å². The minimum atomic E-state index is -3.27. The molecule has 2 rings (SSSR count). The first-order valence-electron chi connectivity index (χ1n) is 6.45. The van der Waals surface area contributed by atoms with Gasteiger partial charge >= 0.3 is 0 Å². The Morgan fingerprint density at radius 3 is 2.67 bits per heavy atom. The van der Waals surface area contributed by atoms with Crippen molar-refractivity contribution in [1.29, 1.82) is 0 Å². The predicted octanol–water partition coefficient (Wildman–Crippen LogP) is 1.14. The standard InChI is InChI=1S/C14H17N3O3S/c1-11(18)17(10-9-16-21(2,19)20)13-7-3-5-12-6-4-8-15-14(12)13/h3-8,16H,9-10H2,1-2H3. The summed E-state index contributed by atoms with van der Waals surface area (Å²) in [6.45, 7) is 1.85. The monoisotopic (exact) mass is 307 g/mol. The number of amides is 1. The number of aromatic nitrogens is 1. The SMILES string of the molecule is CC(=O)N(CCNS(C)(=O)=O)c1cccc2cccnc12. The number of nitrogens with zero attached hydrogens (tertiary/aromatic N) is 2. The molecular formula is C14H17N3O3S. The molecule has 0 aliphatic rings. The lowest BCUT2D eigenvalue weighted by Crippen LogP contribution is -2.37. The highest BCUT2D eigenvalue weighted by Crippen LogP contribution is 2.24. The summed E-state index contributed by atoms with van der Waals surface area (Å²) in [4.78, 5) is 17.7. The fourth-order valence-corrected chi connectivity index (χ4v) is 2.56. The van der Waals surface area contributed by atoms with E-state index >= 15 is 0 Å². The van der Waals surface area contributed by atoms with E-state index in [1.807, 2.05) is 24.3 Å². The lowest BCUT2D eigenvalue weighted by Gasteiger charge is -2.22. The van der Waals surface area contributed by atoms with E-state index in [1.54, 1.807) is 12.3 Å². The van der Waals surface area contributed by atoms with Gasteiger partial charge in [0.15, 0.2) is 0 Å². The van der Waals surface area contributed by atoms with Crippen LogP contribution in [0.3, 0.4) is 0 Å². The predicted molar refractivity (Wildman–Crippen MR) is 82.6 cm³/mol. The van der Waals surface area contributed by atoms with Crippen LogP contribution in [0.15, 0.2) is 36.5 Å². The molecule has 0 spiro atoms. The van der Waals surface area contributed by atoms with Gasteiger partial charge in [-0.05, 0) is 12.1 Å². The molecule has 1 aromatic heterocycles. The Morgan fingerprint density at radius 1 is 1.29 bits per heavy atom. The first-order chi connectivity index (χ1) is 9.88. The van der Waals surface area contributed by atoms with Gasteiger partial charge in [-0.15, -0.1) is 0 Å². The molecule has 7 heteroatoms. The van der Waals surface area contributed by atoms with Crippen molar-refractivity contribution in [3.63, 3.8) is 0 Å². The molecule has 0 unspecified atom stereocenters. The largest absolute Gasteiger partial charge is 0.309 e. The fourth-order valence-electron chi connectivity index (χ4n) is 2.10. The van der Waals surface area contributed by atoms with E-state index in [2.05, 4.69) is 9.71 Å². The van der Waals surface area contributed by atoms with E-state index in [-0.39, 0.29) is 19.0 Å². The molecule has 0 radical (unpaired) electrons. The number of pyridine rings is 1. The van der Waals surface area contributed by atoms with Crippen LogP contribution in [0, 0.1) is 0 Å². The van der Waals surface area contributed by atoms with Gasteiger partial charge in [0.1, 0.15) is 0 Å². The van der Waals surface area contributed by atoms with Crippen molar-refractivity contribution in [2.75, 3.05) is 24.2 Å². The number of nitrogens with one attached hydrogen (secondary N) is 1. The third kappa shape index (κ3) is 3.99. The van der Waals surface area contributed by atoms with Gasteiger partial charge in [0.25, 0.3) is 0 Å². The molecule has 0 atom stereocenters. The average Bonchev–Trinajstić information content (AvgIpc) is 2.42. The molecule has 0 saturated heterocycles. The van der Waals surface area contributed by atoms with Crippen LogP contribution in [-0.4, -0.2) is 38.7 Å². The van der Waals surface area contributed by atoms with Crippen molar-refractivity contribution in [2.24, 2.45) is 0 Å². The van der Waals surface area contributed by atoms with E-state index in [1.165, 1.54) is 11.8 Å². The second-order valence-electron chi connectivity index (χ2n) is 4.69. The second kappa shape index (κ2) is 6.19. The molecule has 1 aromatic carbocycles. The van der Waals surface area contributed by atoms with Crippen molar-refractivity contribution in [1.82, 2.24) is 9.71 Å². The summed E-state index contributed by atoms with van der Waals surface area (Å²) in [5.74, 6) is -0.163. The Bertz CT molecular complexity index is 754. The van der Waals surface area contributed by atoms with Gasteiger partial charge in [0.05, 0.1) is 17.5 Å². The number of hydrogen-bond donors (Lipinski definition) is 1. The quantitative estimate of drug-likeness (QED) is 0.898. The van der Waals surface area contributed by atoms with Gasteiger partial charge in [0, 0.05) is 31.6 Å². The summed E-state index contributed by atoms with van der Waals surface area (Å²) in [5.41, 5.74) is 1.39. The molecule has 2 aromatic rings. The zero-order chi connectivity index (χ0) is 15.5. The average molecular weight is 307 g/mol. The molecular weight excluding hydrogens is 290 g/mol. The number of carbonyl (C=O) groups is 1. The van der Waals surface area contributed by atoms with E-state index < -0.39 is 10.0 Å². The van der Waals surface area contributed by atoms with Gasteiger partial charge in [-0.1, -0.05) is 18.2 Å². The van der Waals surface area contributed by atoms with Crippen LogP contribution in [0.1, 0.15) is 6.92 Å². The smallest absolute Gasteiger partial charge is 0.223 e. The topological polar surface area (TPSA) is 79.4 Å². The van der Waals surface area contributed by atoms with Crippen molar-refractivity contribution in [2.45, 2.75) is 6.92 Å². The van der Waals surface area contributed by atoms with Crippen LogP contribution < -0.4 is 9.62 Å². The maximum atomic E-state index is 11.9. The summed E-state index contributed by atoms with van der Waals surface area (Å²) in [5, 5.41) is 0.928. The molecule has 0 bridgehead atoms. The summed E-state index contributed by atoms with van der Waals surface area (Å²) in [7, 11) is -3.27. The summed E-state index contributed by atoms with van der Waals surface area (Å²) in [6, 6.07) is 9.31. The third-order valence-corrected chi connectivity index (χ3v) is 3.71. The number of anilines is 1. The van der Waals surface area contributed by atoms with Gasteiger partial charge < -0.3 is 4.90 Å². The summed E-state index contributed by atoms with van der Waals surface area (Å²) in [6.07, 6.45) is 2.75. The molecule has 1 heterocycles. The summed E-state index contributed by atoms with van der Waals surface area (Å²) >= 11 is 0. The molecule has 1 N–H and O–H groups in total. The Balaban J connectivity index is 2.31. The van der Waals surface area contributed by atoms with Crippen LogP contribution in [0.5, 0.6) is 0 Å². The molecule has 0 aliphatic heterocycles. The fraction of sp³-hybridized carbons (Fsp3) is 0.286.